The maximum Gasteiger partial charge on any atom is 1.00 e. The molecule has 0 saturated heterocycles. The third-order valence-electron chi connectivity index (χ3n) is 0.533. The molecule has 10 heavy (non-hydrogen) atoms. The SMILES string of the molecule is O=C([O-])CCC(=O)[S-].[Li+].[Li+]. The van der Waals surface area contributed by atoms with E-state index in [-0.39, 0.29) is 50.6 Å². The molecule has 0 fully saturated rings. The fourth-order valence-electron chi connectivity index (χ4n) is 0.204. The van der Waals surface area contributed by atoms with Crippen molar-refractivity contribution >= 4 is 23.7 Å². The fraction of sp³-hybridized carbons (Fsp3) is 0.500. The maximum atomic E-state index is 9.87. The second-order valence-corrected chi connectivity index (χ2v) is 1.70. The van der Waals surface area contributed by atoms with Crippen LogP contribution in [0.25, 0.3) is 0 Å². The van der Waals surface area contributed by atoms with Gasteiger partial charge in [-0.05, 0) is 12.8 Å². The predicted molar refractivity (Wildman–Crippen MR) is 26.6 cm³/mol. The minimum absolute atomic E-state index is 0. The molecular weight excluding hydrogens is 142 g/mol. The Morgan fingerprint density at radius 2 is 1.60 bits per heavy atom. The van der Waals surface area contributed by atoms with Gasteiger partial charge in [0, 0.05) is 11.1 Å². The normalized spacial score (nSPS) is 6.80. The standard InChI is InChI=1S/C4H6O3S.2Li/c5-3(6)1-2-4(7)8;;/h1-2H2,(H,5,6)(H,7,8);;/q;2*+1/p-2. The van der Waals surface area contributed by atoms with Crippen molar-refractivity contribution < 1.29 is 52.4 Å². The Balaban J connectivity index is -0.000000245. The monoisotopic (exact) mass is 146 g/mol. The first-order chi connectivity index (χ1) is 3.63. The number of carboxylic acid groups (broad SMARTS) is 1. The van der Waals surface area contributed by atoms with Crippen LogP contribution in [0.2, 0.25) is 0 Å². The van der Waals surface area contributed by atoms with E-state index in [4.69, 9.17) is 0 Å². The zero-order chi connectivity index (χ0) is 6.57. The Labute approximate surface area is 88.7 Å². The minimum atomic E-state index is -1.23. The van der Waals surface area contributed by atoms with Crippen LogP contribution in [0.15, 0.2) is 0 Å². The van der Waals surface area contributed by atoms with Crippen LogP contribution in [-0.2, 0) is 22.2 Å². The molecule has 0 aliphatic carbocycles. The quantitative estimate of drug-likeness (QED) is 0.293. The average molecular weight is 146 g/mol. The first kappa shape index (κ1) is 16.9. The van der Waals surface area contributed by atoms with E-state index in [1.165, 1.54) is 0 Å². The van der Waals surface area contributed by atoms with Gasteiger partial charge in [-0.2, -0.15) is 0 Å². The van der Waals surface area contributed by atoms with Gasteiger partial charge in [-0.15, -0.1) is 0 Å². The molecule has 0 saturated carbocycles. The molecule has 0 aromatic carbocycles. The Hall–Kier alpha value is 0.555. The van der Waals surface area contributed by atoms with E-state index in [1.807, 2.05) is 0 Å². The Morgan fingerprint density at radius 1 is 1.20 bits per heavy atom. The molecule has 46 valence electrons. The molecule has 0 radical (unpaired) electrons. The van der Waals surface area contributed by atoms with Gasteiger partial charge in [-0.1, -0.05) is 0 Å². The summed E-state index contributed by atoms with van der Waals surface area (Å²) in [4.78, 5) is 19.5. The molecule has 3 nitrogen and oxygen atoms in total. The van der Waals surface area contributed by atoms with E-state index in [9.17, 15) is 14.7 Å². The van der Waals surface area contributed by atoms with Gasteiger partial charge >= 0.3 is 37.7 Å². The number of hydrogen-bond acceptors (Lipinski definition) is 4. The Morgan fingerprint density at radius 3 is 1.70 bits per heavy atom. The van der Waals surface area contributed by atoms with Gasteiger partial charge < -0.3 is 27.3 Å². The number of hydrogen-bond donors (Lipinski definition) is 0. The average Bonchev–Trinajstić information content (AvgIpc) is 1.61. The first-order valence-electron chi connectivity index (χ1n) is 2.02. The minimum Gasteiger partial charge on any atom is -0.742 e. The zero-order valence-corrected chi connectivity index (χ0v) is 6.86. The van der Waals surface area contributed by atoms with Crippen LogP contribution in [0.3, 0.4) is 0 Å². The Bertz CT molecular complexity index is 103. The van der Waals surface area contributed by atoms with Crippen LogP contribution in [0, 0.1) is 0 Å². The van der Waals surface area contributed by atoms with Crippen molar-refractivity contribution in [1.29, 1.82) is 0 Å². The van der Waals surface area contributed by atoms with Gasteiger partial charge in [-0.25, -0.2) is 0 Å². The molecule has 6 heteroatoms. The molecule has 0 spiro atoms. The molecule has 0 heterocycles. The molecule has 0 aromatic heterocycles. The van der Waals surface area contributed by atoms with Crippen LogP contribution < -0.4 is 42.8 Å². The van der Waals surface area contributed by atoms with Crippen molar-refractivity contribution in [3.8, 4) is 0 Å². The molecular formula is C4H4Li2O3S. The van der Waals surface area contributed by atoms with Crippen molar-refractivity contribution in [3.05, 3.63) is 0 Å². The molecule has 0 unspecified atom stereocenters. The summed E-state index contributed by atoms with van der Waals surface area (Å²) in [6.07, 6.45) is -0.361. The summed E-state index contributed by atoms with van der Waals surface area (Å²) in [6, 6.07) is 0. The summed E-state index contributed by atoms with van der Waals surface area (Å²) in [5, 5.41) is 9.06. The summed E-state index contributed by atoms with van der Waals surface area (Å²) in [7, 11) is 0. The van der Waals surface area contributed by atoms with Gasteiger partial charge in [-0.3, -0.25) is 0 Å². The van der Waals surface area contributed by atoms with E-state index in [1.54, 1.807) is 0 Å². The first-order valence-corrected chi connectivity index (χ1v) is 2.43. The summed E-state index contributed by atoms with van der Waals surface area (Å²) in [6.45, 7) is 0. The fourth-order valence-corrected chi connectivity index (χ4v) is 0.306. The summed E-state index contributed by atoms with van der Waals surface area (Å²) in [5.74, 6) is -1.23. The maximum absolute atomic E-state index is 9.87. The topological polar surface area (TPSA) is 57.2 Å². The number of aliphatic carboxylic acids is 1. The zero-order valence-electron chi connectivity index (χ0n) is 6.05. The van der Waals surface area contributed by atoms with E-state index in [2.05, 4.69) is 12.6 Å². The smallest absolute Gasteiger partial charge is 0.742 e. The van der Waals surface area contributed by atoms with Gasteiger partial charge in [0.2, 0.25) is 0 Å². The van der Waals surface area contributed by atoms with E-state index >= 15 is 0 Å². The van der Waals surface area contributed by atoms with Crippen LogP contribution in [-0.4, -0.2) is 11.1 Å². The van der Waals surface area contributed by atoms with Crippen molar-refractivity contribution in [2.45, 2.75) is 12.8 Å². The number of carbonyl (C=O) groups excluding carboxylic acids is 2. The molecule has 0 aromatic rings. The van der Waals surface area contributed by atoms with Crippen LogP contribution in [0.5, 0.6) is 0 Å². The predicted octanol–water partition coefficient (Wildman–Crippen LogP) is -7.40. The third kappa shape index (κ3) is 15.8. The van der Waals surface area contributed by atoms with Crippen molar-refractivity contribution in [1.82, 2.24) is 0 Å². The van der Waals surface area contributed by atoms with Gasteiger partial charge in [0.05, 0.1) is 0 Å². The number of rotatable bonds is 3. The van der Waals surface area contributed by atoms with Crippen molar-refractivity contribution in [2.75, 3.05) is 0 Å². The summed E-state index contributed by atoms with van der Waals surface area (Å²) in [5.41, 5.74) is 0. The molecule has 0 aliphatic rings. The molecule has 0 atom stereocenters. The number of carboxylic acids is 1. The number of carbonyl (C=O) groups is 2. The summed E-state index contributed by atoms with van der Waals surface area (Å²) < 4.78 is 0. The van der Waals surface area contributed by atoms with Crippen LogP contribution in [0.4, 0.5) is 0 Å². The molecule has 0 N–H and O–H groups in total. The summed E-state index contributed by atoms with van der Waals surface area (Å²) >= 11 is 4.07. The largest absolute Gasteiger partial charge is 1.00 e. The molecule has 0 rings (SSSR count). The van der Waals surface area contributed by atoms with Crippen LogP contribution in [0.1, 0.15) is 12.8 Å². The van der Waals surface area contributed by atoms with Gasteiger partial charge in [0.1, 0.15) is 0 Å². The molecule has 0 bridgehead atoms. The second kappa shape index (κ2) is 9.55. The van der Waals surface area contributed by atoms with Crippen LogP contribution >= 0.6 is 0 Å². The van der Waals surface area contributed by atoms with E-state index in [0.717, 1.165) is 0 Å². The van der Waals surface area contributed by atoms with Gasteiger partial charge in [0.15, 0.2) is 0 Å². The Kier molecular flexibility index (Phi) is 16.1. The molecule has 0 aliphatic heterocycles. The van der Waals surface area contributed by atoms with Crippen molar-refractivity contribution in [2.24, 2.45) is 0 Å². The van der Waals surface area contributed by atoms with Crippen molar-refractivity contribution in [3.63, 3.8) is 0 Å². The second-order valence-electron chi connectivity index (χ2n) is 1.24. The van der Waals surface area contributed by atoms with E-state index < -0.39 is 11.1 Å². The van der Waals surface area contributed by atoms with E-state index in [0.29, 0.717) is 0 Å². The van der Waals surface area contributed by atoms with Gasteiger partial charge in [0.25, 0.3) is 0 Å². The molecule has 0 amide bonds. The third-order valence-corrected chi connectivity index (χ3v) is 0.737.